The monoisotopic (exact) mass is 251 g/mol. The van der Waals surface area contributed by atoms with Crippen LogP contribution in [0.15, 0.2) is 18.2 Å². The van der Waals surface area contributed by atoms with Crippen LogP contribution in [0.2, 0.25) is 0 Å². The third kappa shape index (κ3) is 3.05. The maximum atomic E-state index is 11.6. The molecule has 0 spiro atoms. The summed E-state index contributed by atoms with van der Waals surface area (Å²) < 4.78 is 4.53. The van der Waals surface area contributed by atoms with Crippen LogP contribution in [0.4, 0.5) is 0 Å². The summed E-state index contributed by atoms with van der Waals surface area (Å²) in [5, 5.41) is 8.90. The fraction of sp³-hybridized carbons (Fsp3) is 0.250. The number of ether oxygens (including phenoxy) is 1. The first-order valence-corrected chi connectivity index (χ1v) is 5.39. The highest BCUT2D eigenvalue weighted by Crippen LogP contribution is 2.14. The standard InChI is InChI=1S/C12H10ClNO3/c1-17-12(16)10-3-2-8(6-9(10)7-14)11(15)4-5-13/h2-3,6H,4-5H2,1H3. The molecule has 0 saturated heterocycles. The minimum Gasteiger partial charge on any atom is -0.465 e. The van der Waals surface area contributed by atoms with Crippen LogP contribution in [0.25, 0.3) is 0 Å². The van der Waals surface area contributed by atoms with E-state index in [1.807, 2.05) is 6.07 Å². The molecule has 0 radical (unpaired) electrons. The average Bonchev–Trinajstić information content (AvgIpc) is 2.37. The van der Waals surface area contributed by atoms with Gasteiger partial charge in [-0.2, -0.15) is 5.26 Å². The Kier molecular flexibility index (Phi) is 4.68. The number of carbonyl (C=O) groups excluding carboxylic acids is 2. The second kappa shape index (κ2) is 6.02. The zero-order valence-electron chi connectivity index (χ0n) is 9.20. The van der Waals surface area contributed by atoms with Gasteiger partial charge in [-0.05, 0) is 12.1 Å². The van der Waals surface area contributed by atoms with Crippen LogP contribution < -0.4 is 0 Å². The molecule has 0 aliphatic heterocycles. The van der Waals surface area contributed by atoms with Gasteiger partial charge >= 0.3 is 5.97 Å². The Bertz CT molecular complexity index is 491. The lowest BCUT2D eigenvalue weighted by Crippen LogP contribution is -2.07. The van der Waals surface area contributed by atoms with Gasteiger partial charge in [0.05, 0.1) is 18.2 Å². The summed E-state index contributed by atoms with van der Waals surface area (Å²) in [6.45, 7) is 0. The summed E-state index contributed by atoms with van der Waals surface area (Å²) in [5.74, 6) is -0.537. The van der Waals surface area contributed by atoms with Gasteiger partial charge in [0.15, 0.2) is 5.78 Å². The maximum absolute atomic E-state index is 11.6. The van der Waals surface area contributed by atoms with Crippen LogP contribution >= 0.6 is 11.6 Å². The highest BCUT2D eigenvalue weighted by molar-refractivity contribution is 6.19. The third-order valence-electron chi connectivity index (χ3n) is 2.19. The quantitative estimate of drug-likeness (QED) is 0.467. The first-order chi connectivity index (χ1) is 8.13. The molecule has 1 aromatic carbocycles. The van der Waals surface area contributed by atoms with Gasteiger partial charge in [-0.1, -0.05) is 6.07 Å². The van der Waals surface area contributed by atoms with Crippen LogP contribution in [-0.4, -0.2) is 24.7 Å². The van der Waals surface area contributed by atoms with E-state index in [1.165, 1.54) is 25.3 Å². The van der Waals surface area contributed by atoms with Crippen molar-refractivity contribution < 1.29 is 14.3 Å². The molecule has 0 amide bonds. The number of hydrogen-bond acceptors (Lipinski definition) is 4. The minimum absolute atomic E-state index is 0.122. The van der Waals surface area contributed by atoms with Crippen molar-refractivity contribution >= 4 is 23.4 Å². The van der Waals surface area contributed by atoms with Crippen LogP contribution in [0.5, 0.6) is 0 Å². The molecule has 1 rings (SSSR count). The molecular weight excluding hydrogens is 242 g/mol. The van der Waals surface area contributed by atoms with Gasteiger partial charge in [-0.15, -0.1) is 11.6 Å². The third-order valence-corrected chi connectivity index (χ3v) is 2.38. The number of carbonyl (C=O) groups is 2. The van der Waals surface area contributed by atoms with Crippen molar-refractivity contribution in [1.82, 2.24) is 0 Å². The van der Waals surface area contributed by atoms with E-state index in [0.29, 0.717) is 5.56 Å². The summed E-state index contributed by atoms with van der Waals surface area (Å²) in [4.78, 5) is 22.9. The van der Waals surface area contributed by atoms with Crippen molar-refractivity contribution in [3.05, 3.63) is 34.9 Å². The van der Waals surface area contributed by atoms with E-state index < -0.39 is 5.97 Å². The first kappa shape index (κ1) is 13.2. The predicted molar refractivity (Wildman–Crippen MR) is 62.2 cm³/mol. The molecule has 88 valence electrons. The number of benzene rings is 1. The van der Waals surface area contributed by atoms with Crippen molar-refractivity contribution in [3.63, 3.8) is 0 Å². The molecule has 0 aromatic heterocycles. The Morgan fingerprint density at radius 3 is 2.71 bits per heavy atom. The molecule has 1 aromatic rings. The Morgan fingerprint density at radius 2 is 2.18 bits per heavy atom. The maximum Gasteiger partial charge on any atom is 0.339 e. The topological polar surface area (TPSA) is 67.2 Å². The Morgan fingerprint density at radius 1 is 1.47 bits per heavy atom. The number of ketones is 1. The number of Topliss-reactive ketones (excluding diaryl/α,β-unsaturated/α-hetero) is 1. The van der Waals surface area contributed by atoms with Crippen molar-refractivity contribution in [3.8, 4) is 6.07 Å². The van der Waals surface area contributed by atoms with Gasteiger partial charge in [0.1, 0.15) is 6.07 Å². The van der Waals surface area contributed by atoms with Gasteiger partial charge in [0.25, 0.3) is 0 Å². The molecular formula is C12H10ClNO3. The van der Waals surface area contributed by atoms with E-state index in [1.54, 1.807) is 0 Å². The van der Waals surface area contributed by atoms with Gasteiger partial charge in [-0.3, -0.25) is 4.79 Å². The normalized spacial score (nSPS) is 9.47. The fourth-order valence-electron chi connectivity index (χ4n) is 1.33. The molecule has 0 bridgehead atoms. The number of hydrogen-bond donors (Lipinski definition) is 0. The molecule has 0 fully saturated rings. The Labute approximate surface area is 104 Å². The van der Waals surface area contributed by atoms with Crippen molar-refractivity contribution in [2.45, 2.75) is 6.42 Å². The highest BCUT2D eigenvalue weighted by atomic mass is 35.5. The summed E-state index contributed by atoms with van der Waals surface area (Å²) in [6, 6.07) is 6.13. The molecule has 0 aliphatic rings. The minimum atomic E-state index is -0.599. The van der Waals surface area contributed by atoms with E-state index in [-0.39, 0.29) is 29.2 Å². The van der Waals surface area contributed by atoms with Crippen LogP contribution in [0.3, 0.4) is 0 Å². The van der Waals surface area contributed by atoms with Crippen LogP contribution in [0.1, 0.15) is 32.7 Å². The zero-order valence-corrected chi connectivity index (χ0v) is 9.95. The second-order valence-electron chi connectivity index (χ2n) is 3.23. The Balaban J connectivity index is 3.14. The first-order valence-electron chi connectivity index (χ1n) is 4.85. The number of esters is 1. The van der Waals surface area contributed by atoms with Crippen molar-refractivity contribution in [2.75, 3.05) is 13.0 Å². The molecule has 5 heteroatoms. The molecule has 0 unspecified atom stereocenters. The highest BCUT2D eigenvalue weighted by Gasteiger charge is 2.14. The molecule has 4 nitrogen and oxygen atoms in total. The summed E-state index contributed by atoms with van der Waals surface area (Å²) in [7, 11) is 1.23. The van der Waals surface area contributed by atoms with Crippen LogP contribution in [-0.2, 0) is 4.74 Å². The van der Waals surface area contributed by atoms with Crippen LogP contribution in [0, 0.1) is 11.3 Å². The van der Waals surface area contributed by atoms with Gasteiger partial charge in [-0.25, -0.2) is 4.79 Å². The SMILES string of the molecule is COC(=O)c1ccc(C(=O)CCCl)cc1C#N. The van der Waals surface area contributed by atoms with E-state index in [0.717, 1.165) is 0 Å². The van der Waals surface area contributed by atoms with Gasteiger partial charge in [0, 0.05) is 17.9 Å². The predicted octanol–water partition coefficient (Wildman–Crippen LogP) is 2.16. The van der Waals surface area contributed by atoms with E-state index in [2.05, 4.69) is 4.74 Å². The lowest BCUT2D eigenvalue weighted by atomic mass is 10.0. The van der Waals surface area contributed by atoms with Gasteiger partial charge in [0.2, 0.25) is 0 Å². The smallest absolute Gasteiger partial charge is 0.339 e. The van der Waals surface area contributed by atoms with Gasteiger partial charge < -0.3 is 4.74 Å². The van der Waals surface area contributed by atoms with E-state index in [9.17, 15) is 9.59 Å². The average molecular weight is 252 g/mol. The molecule has 17 heavy (non-hydrogen) atoms. The lowest BCUT2D eigenvalue weighted by molar-refractivity contribution is 0.0600. The summed E-state index contributed by atoms with van der Waals surface area (Å²) in [6.07, 6.45) is 0.198. The number of rotatable bonds is 4. The summed E-state index contributed by atoms with van der Waals surface area (Å²) in [5.41, 5.74) is 0.643. The molecule has 0 aliphatic carbocycles. The second-order valence-corrected chi connectivity index (χ2v) is 3.60. The largest absolute Gasteiger partial charge is 0.465 e. The van der Waals surface area contributed by atoms with E-state index in [4.69, 9.17) is 16.9 Å². The van der Waals surface area contributed by atoms with Crippen molar-refractivity contribution in [2.24, 2.45) is 0 Å². The fourth-order valence-corrected chi connectivity index (χ4v) is 1.50. The number of halogens is 1. The van der Waals surface area contributed by atoms with E-state index >= 15 is 0 Å². The number of alkyl halides is 1. The lowest BCUT2D eigenvalue weighted by Gasteiger charge is -2.04. The number of methoxy groups -OCH3 is 1. The molecule has 0 heterocycles. The molecule has 0 N–H and O–H groups in total. The number of nitriles is 1. The zero-order chi connectivity index (χ0) is 12.8. The summed E-state index contributed by atoms with van der Waals surface area (Å²) >= 11 is 5.46. The van der Waals surface area contributed by atoms with Crippen molar-refractivity contribution in [1.29, 1.82) is 5.26 Å². The molecule has 0 saturated carbocycles. The Hall–Kier alpha value is -1.86. The number of nitrogens with zero attached hydrogens (tertiary/aromatic N) is 1. The molecule has 0 atom stereocenters.